The molecule has 1 heterocycles. The predicted molar refractivity (Wildman–Crippen MR) is 121 cm³/mol. The highest BCUT2D eigenvalue weighted by atomic mass is 32.1. The third kappa shape index (κ3) is 5.39. The lowest BCUT2D eigenvalue weighted by Gasteiger charge is -2.09. The van der Waals surface area contributed by atoms with Crippen LogP contribution in [-0.2, 0) is 6.54 Å². The minimum atomic E-state index is -0.883. The van der Waals surface area contributed by atoms with Crippen LogP contribution in [0.4, 0.5) is 14.5 Å². The van der Waals surface area contributed by atoms with E-state index in [1.165, 1.54) is 29.5 Å². The summed E-state index contributed by atoms with van der Waals surface area (Å²) in [6.45, 7) is 0.180. The first-order valence-electron chi connectivity index (χ1n) is 9.77. The minimum absolute atomic E-state index is 0.00429. The van der Waals surface area contributed by atoms with Crippen LogP contribution in [0.1, 0.15) is 25.7 Å². The highest BCUT2D eigenvalue weighted by molar-refractivity contribution is 7.09. The molecule has 1 aromatic heterocycles. The van der Waals surface area contributed by atoms with E-state index in [0.29, 0.717) is 11.1 Å². The van der Waals surface area contributed by atoms with Crippen molar-refractivity contribution in [2.24, 2.45) is 0 Å². The zero-order valence-electron chi connectivity index (χ0n) is 17.0. The van der Waals surface area contributed by atoms with Crippen molar-refractivity contribution in [3.05, 3.63) is 99.9 Å². The fourth-order valence-electron chi connectivity index (χ4n) is 3.07. The number of aromatic nitrogens is 1. The summed E-state index contributed by atoms with van der Waals surface area (Å²) in [7, 11) is 0. The maximum absolute atomic E-state index is 13.3. The van der Waals surface area contributed by atoms with E-state index in [-0.39, 0.29) is 29.1 Å². The third-order valence-electron chi connectivity index (χ3n) is 4.65. The summed E-state index contributed by atoms with van der Waals surface area (Å²) in [5.74, 6) is -3.41. The van der Waals surface area contributed by atoms with Gasteiger partial charge in [0.15, 0.2) is 0 Å². The molecule has 0 saturated carbocycles. The maximum Gasteiger partial charge on any atom is 0.255 e. The first kappa shape index (κ1) is 22.1. The summed E-state index contributed by atoms with van der Waals surface area (Å²) >= 11 is 1.41. The number of nitrogens with one attached hydrogen (secondary N) is 2. The van der Waals surface area contributed by atoms with Crippen LogP contribution in [0.15, 0.2) is 72.1 Å². The van der Waals surface area contributed by atoms with Gasteiger partial charge in [0.1, 0.15) is 22.4 Å². The van der Waals surface area contributed by atoms with Crippen LogP contribution in [0.3, 0.4) is 0 Å². The molecule has 166 valence electrons. The van der Waals surface area contributed by atoms with Crippen LogP contribution >= 0.6 is 11.3 Å². The zero-order valence-corrected chi connectivity index (χ0v) is 17.8. The fraction of sp³-hybridized carbons (Fsp3) is 0.0417. The van der Waals surface area contributed by atoms with Gasteiger partial charge in [0, 0.05) is 34.3 Å². The quantitative estimate of drug-likeness (QED) is 0.375. The molecule has 0 spiro atoms. The number of phenols is 1. The molecule has 0 bridgehead atoms. The van der Waals surface area contributed by atoms with Gasteiger partial charge in [-0.25, -0.2) is 13.8 Å². The van der Waals surface area contributed by atoms with Gasteiger partial charge in [-0.15, -0.1) is 11.3 Å². The van der Waals surface area contributed by atoms with Crippen molar-refractivity contribution in [2.45, 2.75) is 6.54 Å². The third-order valence-corrected chi connectivity index (χ3v) is 5.50. The van der Waals surface area contributed by atoms with E-state index in [1.54, 1.807) is 0 Å². The van der Waals surface area contributed by atoms with Crippen molar-refractivity contribution in [1.82, 2.24) is 10.3 Å². The van der Waals surface area contributed by atoms with Gasteiger partial charge < -0.3 is 15.7 Å². The Bertz CT molecular complexity index is 1310. The second-order valence-electron chi connectivity index (χ2n) is 7.02. The predicted octanol–water partition coefficient (Wildman–Crippen LogP) is 4.98. The number of carbonyl (C=O) groups excluding carboxylic acids is 2. The number of aromatic hydroxyl groups is 1. The lowest BCUT2D eigenvalue weighted by molar-refractivity contribution is 0.0947. The second kappa shape index (κ2) is 9.58. The summed E-state index contributed by atoms with van der Waals surface area (Å²) < 4.78 is 26.6. The molecule has 0 atom stereocenters. The number of nitrogens with zero attached hydrogens (tertiary/aromatic N) is 1. The van der Waals surface area contributed by atoms with Crippen molar-refractivity contribution in [3.8, 4) is 17.0 Å². The van der Waals surface area contributed by atoms with Gasteiger partial charge in [0.05, 0.1) is 17.8 Å². The van der Waals surface area contributed by atoms with Gasteiger partial charge in [0.2, 0.25) is 0 Å². The first-order valence-corrected chi connectivity index (χ1v) is 10.7. The molecule has 0 saturated heterocycles. The number of amides is 2. The average Bonchev–Trinajstić information content (AvgIpc) is 3.27. The number of rotatable bonds is 6. The summed E-state index contributed by atoms with van der Waals surface area (Å²) in [6, 6.07) is 16.0. The van der Waals surface area contributed by atoms with E-state index in [0.717, 1.165) is 23.4 Å². The number of thiazole rings is 1. The monoisotopic (exact) mass is 465 g/mol. The molecule has 0 fully saturated rings. The number of benzene rings is 3. The molecule has 9 heteroatoms. The van der Waals surface area contributed by atoms with Gasteiger partial charge in [-0.05, 0) is 24.3 Å². The van der Waals surface area contributed by atoms with Gasteiger partial charge in [-0.1, -0.05) is 30.3 Å². The molecule has 0 unspecified atom stereocenters. The normalized spacial score (nSPS) is 10.6. The molecule has 0 aliphatic heterocycles. The average molecular weight is 465 g/mol. The zero-order chi connectivity index (χ0) is 23.4. The van der Waals surface area contributed by atoms with Crippen molar-refractivity contribution in [1.29, 1.82) is 0 Å². The van der Waals surface area contributed by atoms with Crippen molar-refractivity contribution >= 4 is 28.8 Å². The lowest BCUT2D eigenvalue weighted by Crippen LogP contribution is -2.23. The number of hydrogen-bond donors (Lipinski definition) is 3. The molecule has 0 aliphatic carbocycles. The highest BCUT2D eigenvalue weighted by Crippen LogP contribution is 2.24. The van der Waals surface area contributed by atoms with E-state index in [4.69, 9.17) is 0 Å². The molecule has 0 radical (unpaired) electrons. The molecular formula is C24H17F2N3O3S. The number of phenolic OH excluding ortho intramolecular Hbond substituents is 1. The molecule has 4 rings (SSSR count). The lowest BCUT2D eigenvalue weighted by atomic mass is 10.1. The topological polar surface area (TPSA) is 91.3 Å². The molecule has 4 aromatic rings. The van der Waals surface area contributed by atoms with Gasteiger partial charge in [-0.2, -0.15) is 0 Å². The Labute approximate surface area is 191 Å². The van der Waals surface area contributed by atoms with Crippen LogP contribution in [-0.4, -0.2) is 21.9 Å². The van der Waals surface area contributed by atoms with Crippen LogP contribution in [0.25, 0.3) is 11.3 Å². The molecule has 33 heavy (non-hydrogen) atoms. The first-order chi connectivity index (χ1) is 15.9. The molecule has 3 N–H and O–H groups in total. The Morgan fingerprint density at radius 3 is 2.36 bits per heavy atom. The van der Waals surface area contributed by atoms with Crippen LogP contribution in [0.2, 0.25) is 0 Å². The Morgan fingerprint density at radius 2 is 1.67 bits per heavy atom. The number of anilines is 1. The molecule has 0 aliphatic rings. The number of carbonyl (C=O) groups is 2. The van der Waals surface area contributed by atoms with E-state index in [9.17, 15) is 23.5 Å². The van der Waals surface area contributed by atoms with Crippen LogP contribution < -0.4 is 10.6 Å². The Hall–Kier alpha value is -4.11. The van der Waals surface area contributed by atoms with Gasteiger partial charge >= 0.3 is 0 Å². The van der Waals surface area contributed by atoms with E-state index in [2.05, 4.69) is 15.6 Å². The number of halogens is 2. The van der Waals surface area contributed by atoms with Crippen molar-refractivity contribution in [2.75, 3.05) is 5.32 Å². The van der Waals surface area contributed by atoms with Gasteiger partial charge in [-0.3, -0.25) is 9.59 Å². The van der Waals surface area contributed by atoms with Crippen molar-refractivity contribution in [3.63, 3.8) is 0 Å². The summed E-state index contributed by atoms with van der Waals surface area (Å²) in [4.78, 5) is 29.2. The summed E-state index contributed by atoms with van der Waals surface area (Å²) in [6.07, 6.45) is 0. The van der Waals surface area contributed by atoms with E-state index < -0.39 is 23.4 Å². The molecule has 2 amide bonds. The van der Waals surface area contributed by atoms with E-state index in [1.807, 2.05) is 35.7 Å². The maximum atomic E-state index is 13.3. The minimum Gasteiger partial charge on any atom is -0.507 e. The van der Waals surface area contributed by atoms with E-state index >= 15 is 0 Å². The highest BCUT2D eigenvalue weighted by Gasteiger charge is 2.15. The summed E-state index contributed by atoms with van der Waals surface area (Å²) in [5.41, 5.74) is 1.73. The van der Waals surface area contributed by atoms with Crippen molar-refractivity contribution < 1.29 is 23.5 Å². The summed E-state index contributed by atoms with van der Waals surface area (Å²) in [5, 5.41) is 18.0. The Kier molecular flexibility index (Phi) is 6.41. The standard InChI is InChI=1S/C24H17F2N3O3S/c25-16-8-15(9-17(26)10-16)23(31)28-18-6-7-19(21(30)11-18)24(32)27-12-22-29-20(13-33-22)14-4-2-1-3-5-14/h1-11,13,30H,12H2,(H,27,32)(H,28,31). The largest absolute Gasteiger partial charge is 0.507 e. The Balaban J connectivity index is 1.39. The second-order valence-corrected chi connectivity index (χ2v) is 7.96. The number of hydrogen-bond acceptors (Lipinski definition) is 5. The molecule has 6 nitrogen and oxygen atoms in total. The molecule has 3 aromatic carbocycles. The molecular weight excluding hydrogens is 448 g/mol. The van der Waals surface area contributed by atoms with Crippen LogP contribution in [0, 0.1) is 11.6 Å². The fourth-order valence-corrected chi connectivity index (χ4v) is 3.82. The Morgan fingerprint density at radius 1 is 0.939 bits per heavy atom. The SMILES string of the molecule is O=C(Nc1ccc(C(=O)NCc2nc(-c3ccccc3)cs2)c(O)c1)c1cc(F)cc(F)c1. The van der Waals surface area contributed by atoms with Crippen LogP contribution in [0.5, 0.6) is 5.75 Å². The smallest absolute Gasteiger partial charge is 0.255 e. The van der Waals surface area contributed by atoms with Gasteiger partial charge in [0.25, 0.3) is 11.8 Å².